The highest BCUT2D eigenvalue weighted by Crippen LogP contribution is 2.30. The highest BCUT2D eigenvalue weighted by atomic mass is 31.0. The zero-order valence-electron chi connectivity index (χ0n) is 17.5. The number of rotatable bonds is 9. The van der Waals surface area contributed by atoms with Crippen molar-refractivity contribution in [3.63, 3.8) is 0 Å². The van der Waals surface area contributed by atoms with E-state index in [1.165, 1.54) is 5.56 Å². The van der Waals surface area contributed by atoms with Gasteiger partial charge in [0.1, 0.15) is 11.6 Å². The molecule has 0 unspecified atom stereocenters. The fourth-order valence-corrected chi connectivity index (χ4v) is 4.08. The SMILES string of the molecule is CC(C)Cc1c(CCN=O)nc(-c2ccccc2O)n(CCc2ccccc2)c1=P. The molecular weight excluding hydrogens is 393 g/mol. The third kappa shape index (κ3) is 5.22. The second kappa shape index (κ2) is 10.3. The van der Waals surface area contributed by atoms with E-state index < -0.39 is 0 Å². The van der Waals surface area contributed by atoms with E-state index >= 15 is 0 Å². The van der Waals surface area contributed by atoms with Gasteiger partial charge in [0.2, 0.25) is 0 Å². The summed E-state index contributed by atoms with van der Waals surface area (Å²) in [6.07, 6.45) is 2.15. The molecule has 0 aliphatic heterocycles. The topological polar surface area (TPSA) is 67.5 Å². The monoisotopic (exact) mass is 421 g/mol. The summed E-state index contributed by atoms with van der Waals surface area (Å²) in [5, 5.41) is 14.5. The molecule has 6 heteroatoms. The van der Waals surface area contributed by atoms with Crippen molar-refractivity contribution < 1.29 is 5.11 Å². The van der Waals surface area contributed by atoms with Crippen LogP contribution in [0, 0.1) is 15.9 Å². The van der Waals surface area contributed by atoms with E-state index in [0.717, 1.165) is 29.2 Å². The maximum atomic E-state index is 10.8. The molecule has 1 aromatic heterocycles. The molecule has 0 aliphatic rings. The van der Waals surface area contributed by atoms with Crippen LogP contribution < -0.4 is 0 Å². The predicted octanol–water partition coefficient (Wildman–Crippen LogP) is 5.68. The van der Waals surface area contributed by atoms with E-state index in [2.05, 4.69) is 44.6 Å². The van der Waals surface area contributed by atoms with Crippen molar-refractivity contribution in [1.29, 1.82) is 0 Å². The van der Waals surface area contributed by atoms with Crippen molar-refractivity contribution in [1.82, 2.24) is 9.55 Å². The summed E-state index contributed by atoms with van der Waals surface area (Å²) in [6, 6.07) is 17.5. The van der Waals surface area contributed by atoms with Crippen molar-refractivity contribution in [2.24, 2.45) is 11.1 Å². The predicted molar refractivity (Wildman–Crippen MR) is 124 cm³/mol. The Morgan fingerprint density at radius 3 is 2.43 bits per heavy atom. The van der Waals surface area contributed by atoms with E-state index in [1.807, 2.05) is 30.3 Å². The molecule has 0 radical (unpaired) electrons. The second-order valence-corrected chi connectivity index (χ2v) is 8.29. The van der Waals surface area contributed by atoms with Gasteiger partial charge in [-0.15, -0.1) is 0 Å². The zero-order chi connectivity index (χ0) is 21.5. The normalized spacial score (nSPS) is 11.0. The van der Waals surface area contributed by atoms with Crippen LogP contribution in [0.15, 0.2) is 59.8 Å². The number of benzene rings is 2. The number of aromatic nitrogens is 2. The molecule has 3 rings (SSSR count). The minimum absolute atomic E-state index is 0.179. The first kappa shape index (κ1) is 21.9. The lowest BCUT2D eigenvalue weighted by Gasteiger charge is -2.21. The Morgan fingerprint density at radius 1 is 1.07 bits per heavy atom. The average molecular weight is 421 g/mol. The lowest BCUT2D eigenvalue weighted by atomic mass is 10.0. The Morgan fingerprint density at radius 2 is 1.77 bits per heavy atom. The molecule has 0 aliphatic carbocycles. The fraction of sp³-hybridized carbons (Fsp3) is 0.333. The summed E-state index contributed by atoms with van der Waals surface area (Å²) >= 11 is 0. The van der Waals surface area contributed by atoms with Crippen molar-refractivity contribution >= 4 is 8.86 Å². The minimum atomic E-state index is 0.179. The number of phenolic OH excluding ortho intramolecular Hbond substituents is 1. The lowest BCUT2D eigenvalue weighted by molar-refractivity contribution is 0.476. The number of phenols is 1. The van der Waals surface area contributed by atoms with Crippen molar-refractivity contribution in [2.45, 2.75) is 39.7 Å². The van der Waals surface area contributed by atoms with Crippen molar-refractivity contribution in [2.75, 3.05) is 6.54 Å². The van der Waals surface area contributed by atoms with Gasteiger partial charge in [0.05, 0.1) is 22.9 Å². The van der Waals surface area contributed by atoms with Crippen LogP contribution in [0.2, 0.25) is 0 Å². The van der Waals surface area contributed by atoms with Crippen LogP contribution >= 0.6 is 8.86 Å². The molecule has 3 aromatic rings. The summed E-state index contributed by atoms with van der Waals surface area (Å²) in [5.41, 5.74) is 3.85. The highest BCUT2D eigenvalue weighted by molar-refractivity contribution is 7.07. The molecule has 0 spiro atoms. The molecule has 0 saturated carbocycles. The molecule has 2 aromatic carbocycles. The first-order valence-electron chi connectivity index (χ1n) is 10.3. The maximum Gasteiger partial charge on any atom is 0.144 e. The third-order valence-corrected chi connectivity index (χ3v) is 5.64. The van der Waals surface area contributed by atoms with Gasteiger partial charge in [-0.1, -0.05) is 70.4 Å². The van der Waals surface area contributed by atoms with Crippen LogP contribution in [0.3, 0.4) is 0 Å². The van der Waals surface area contributed by atoms with E-state index in [-0.39, 0.29) is 12.3 Å². The van der Waals surface area contributed by atoms with Crippen LogP contribution in [0.5, 0.6) is 5.75 Å². The summed E-state index contributed by atoms with van der Waals surface area (Å²) < 4.78 is 2.12. The highest BCUT2D eigenvalue weighted by Gasteiger charge is 2.18. The largest absolute Gasteiger partial charge is 0.507 e. The van der Waals surface area contributed by atoms with Crippen LogP contribution in [0.4, 0.5) is 0 Å². The number of nitrogens with zero attached hydrogens (tertiary/aromatic N) is 3. The molecule has 156 valence electrons. The Bertz CT molecular complexity index is 1060. The number of para-hydroxylation sites is 1. The minimum Gasteiger partial charge on any atom is -0.507 e. The van der Waals surface area contributed by atoms with Gasteiger partial charge < -0.3 is 9.67 Å². The van der Waals surface area contributed by atoms with Gasteiger partial charge in [-0.2, -0.15) is 4.91 Å². The molecular formula is C24H28N3O2P. The molecule has 5 nitrogen and oxygen atoms in total. The first-order chi connectivity index (χ1) is 14.5. The Labute approximate surface area is 179 Å². The number of nitroso groups, excluding NO2 is 1. The zero-order valence-corrected chi connectivity index (χ0v) is 18.5. The number of hydrogen-bond donors (Lipinski definition) is 1. The van der Waals surface area contributed by atoms with Gasteiger partial charge in [0.15, 0.2) is 0 Å². The molecule has 1 N–H and O–H groups in total. The van der Waals surface area contributed by atoms with Crippen LogP contribution in [0.25, 0.3) is 11.4 Å². The van der Waals surface area contributed by atoms with Crippen LogP contribution in [-0.2, 0) is 25.8 Å². The average Bonchev–Trinajstić information content (AvgIpc) is 2.74. The van der Waals surface area contributed by atoms with Gasteiger partial charge in [-0.3, -0.25) is 0 Å². The van der Waals surface area contributed by atoms with Crippen LogP contribution in [0.1, 0.15) is 30.7 Å². The molecule has 0 bridgehead atoms. The Hall–Kier alpha value is -2.78. The van der Waals surface area contributed by atoms with Gasteiger partial charge >= 0.3 is 0 Å². The molecule has 0 atom stereocenters. The number of aryl methyl sites for hydroxylation is 1. The van der Waals surface area contributed by atoms with E-state index in [4.69, 9.17) is 4.98 Å². The summed E-state index contributed by atoms with van der Waals surface area (Å²) in [6.45, 7) is 5.21. The van der Waals surface area contributed by atoms with Crippen molar-refractivity contribution in [3.05, 3.63) is 81.4 Å². The number of aromatic hydroxyl groups is 1. The van der Waals surface area contributed by atoms with Gasteiger partial charge in [0.25, 0.3) is 0 Å². The summed E-state index contributed by atoms with van der Waals surface area (Å²) in [4.78, 5) is 15.7. The van der Waals surface area contributed by atoms with Gasteiger partial charge in [-0.05, 0) is 36.5 Å². The van der Waals surface area contributed by atoms with E-state index in [9.17, 15) is 10.0 Å². The smallest absolute Gasteiger partial charge is 0.144 e. The maximum absolute atomic E-state index is 10.8. The van der Waals surface area contributed by atoms with E-state index in [0.29, 0.717) is 30.3 Å². The first-order valence-corrected chi connectivity index (χ1v) is 10.8. The van der Waals surface area contributed by atoms with Gasteiger partial charge in [-0.25, -0.2) is 4.98 Å². The lowest BCUT2D eigenvalue weighted by Crippen LogP contribution is -2.16. The quantitative estimate of drug-likeness (QED) is 0.357. The molecule has 0 amide bonds. The molecule has 1 heterocycles. The van der Waals surface area contributed by atoms with Crippen molar-refractivity contribution in [3.8, 4) is 17.1 Å². The third-order valence-electron chi connectivity index (χ3n) is 5.06. The second-order valence-electron chi connectivity index (χ2n) is 7.81. The fourth-order valence-electron chi connectivity index (χ4n) is 3.61. The molecule has 0 saturated heterocycles. The Balaban J connectivity index is 2.16. The molecule has 0 fully saturated rings. The summed E-state index contributed by atoms with van der Waals surface area (Å²) in [7, 11) is 3.89. The summed E-state index contributed by atoms with van der Waals surface area (Å²) in [5.74, 6) is 1.30. The van der Waals surface area contributed by atoms with Crippen LogP contribution in [-0.4, -0.2) is 21.2 Å². The van der Waals surface area contributed by atoms with E-state index in [1.54, 1.807) is 12.1 Å². The van der Waals surface area contributed by atoms with Gasteiger partial charge in [0, 0.05) is 18.5 Å². The number of hydrogen-bond acceptors (Lipinski definition) is 4. The Kier molecular flexibility index (Phi) is 7.53. The standard InChI is InChI=1S/C24H28N3O2P/c1-17(2)16-20-21(12-14-25-29)26-23(19-10-6-7-11-22(19)28)27(24(20)30)15-13-18-8-4-3-5-9-18/h3-11,17,28,30H,12-16H2,1-2H3. The molecule has 30 heavy (non-hydrogen) atoms.